The number of carboxylic acid groups (broad SMARTS) is 1. The van der Waals surface area contributed by atoms with Gasteiger partial charge in [-0.3, -0.25) is 9.59 Å². The molecule has 1 atom stereocenters. The first-order valence-electron chi connectivity index (χ1n) is 7.49. The minimum absolute atomic E-state index is 0.0282. The van der Waals surface area contributed by atoms with E-state index in [-0.39, 0.29) is 18.8 Å². The molecule has 0 saturated carbocycles. The second-order valence-electron chi connectivity index (χ2n) is 5.77. The van der Waals surface area contributed by atoms with Crippen molar-refractivity contribution in [2.75, 3.05) is 0 Å². The number of hydrogen-bond donors (Lipinski definition) is 2. The molecule has 4 heteroatoms. The quantitative estimate of drug-likeness (QED) is 0.801. The Bertz CT molecular complexity index is 734. The fourth-order valence-corrected chi connectivity index (χ4v) is 2.48. The summed E-state index contributed by atoms with van der Waals surface area (Å²) in [5.41, 5.74) is 4.05. The lowest BCUT2D eigenvalue weighted by Crippen LogP contribution is -2.14. The summed E-state index contributed by atoms with van der Waals surface area (Å²) in [4.78, 5) is 23.1. The fraction of sp³-hybridized carbons (Fsp3) is 0.263. The molecule has 0 aromatic heterocycles. The summed E-state index contributed by atoms with van der Waals surface area (Å²) in [6.07, 6.45) is -0.0282. The van der Waals surface area contributed by atoms with Crippen LogP contribution in [0.5, 0.6) is 0 Å². The molecule has 1 unspecified atom stereocenters. The van der Waals surface area contributed by atoms with Crippen LogP contribution in [0.1, 0.15) is 34.8 Å². The van der Waals surface area contributed by atoms with E-state index in [0.717, 1.165) is 22.3 Å². The Labute approximate surface area is 135 Å². The fourth-order valence-electron chi connectivity index (χ4n) is 2.48. The molecule has 0 aliphatic rings. The average molecular weight is 312 g/mol. The van der Waals surface area contributed by atoms with Gasteiger partial charge in [0, 0.05) is 12.0 Å². The molecule has 23 heavy (non-hydrogen) atoms. The first kappa shape index (κ1) is 16.9. The number of aliphatic carboxylic acids is 1. The summed E-state index contributed by atoms with van der Waals surface area (Å²) in [7, 11) is 0. The van der Waals surface area contributed by atoms with E-state index >= 15 is 0 Å². The van der Waals surface area contributed by atoms with Crippen LogP contribution in [-0.4, -0.2) is 22.0 Å². The molecule has 0 heterocycles. The van der Waals surface area contributed by atoms with E-state index in [1.165, 1.54) is 6.92 Å². The molecule has 0 aliphatic heterocycles. The van der Waals surface area contributed by atoms with Crippen LogP contribution in [0, 0.1) is 12.8 Å². The number of ketones is 1. The lowest BCUT2D eigenvalue weighted by atomic mass is 9.94. The van der Waals surface area contributed by atoms with E-state index in [2.05, 4.69) is 0 Å². The Kier molecular flexibility index (Phi) is 5.29. The van der Waals surface area contributed by atoms with Crippen LogP contribution in [0.3, 0.4) is 0 Å². The van der Waals surface area contributed by atoms with Crippen molar-refractivity contribution in [1.82, 2.24) is 0 Å². The first-order chi connectivity index (χ1) is 10.9. The van der Waals surface area contributed by atoms with E-state index in [1.807, 2.05) is 31.2 Å². The highest BCUT2D eigenvalue weighted by Crippen LogP contribution is 2.26. The summed E-state index contributed by atoms with van der Waals surface area (Å²) >= 11 is 0. The van der Waals surface area contributed by atoms with Gasteiger partial charge in [-0.25, -0.2) is 0 Å². The van der Waals surface area contributed by atoms with Crippen LogP contribution >= 0.6 is 0 Å². The highest BCUT2D eigenvalue weighted by Gasteiger charge is 2.17. The summed E-state index contributed by atoms with van der Waals surface area (Å²) < 4.78 is 0. The third kappa shape index (κ3) is 4.05. The smallest absolute Gasteiger partial charge is 0.306 e. The van der Waals surface area contributed by atoms with Crippen LogP contribution in [0.25, 0.3) is 11.1 Å². The van der Waals surface area contributed by atoms with E-state index in [9.17, 15) is 14.7 Å². The number of carbonyl (C=O) groups excluding carboxylic acids is 1. The lowest BCUT2D eigenvalue weighted by Gasteiger charge is -2.11. The number of Topliss-reactive ketones (excluding diaryl/α,β-unsaturated/α-hetero) is 1. The van der Waals surface area contributed by atoms with Crippen LogP contribution in [0.4, 0.5) is 0 Å². The molecule has 0 fully saturated rings. The van der Waals surface area contributed by atoms with E-state index in [1.54, 1.807) is 18.2 Å². The van der Waals surface area contributed by atoms with Crippen molar-refractivity contribution in [3.05, 3.63) is 59.2 Å². The third-order valence-electron chi connectivity index (χ3n) is 3.84. The molecule has 0 aliphatic carbocycles. The van der Waals surface area contributed by atoms with Crippen molar-refractivity contribution in [3.63, 3.8) is 0 Å². The van der Waals surface area contributed by atoms with Crippen LogP contribution in [-0.2, 0) is 11.4 Å². The molecule has 0 saturated heterocycles. The van der Waals surface area contributed by atoms with Crippen molar-refractivity contribution in [2.45, 2.75) is 26.9 Å². The monoisotopic (exact) mass is 312 g/mol. The number of aliphatic hydroxyl groups excluding tert-OH is 1. The van der Waals surface area contributed by atoms with Crippen molar-refractivity contribution >= 4 is 11.8 Å². The predicted molar refractivity (Wildman–Crippen MR) is 88.3 cm³/mol. The normalized spacial score (nSPS) is 12.0. The van der Waals surface area contributed by atoms with Gasteiger partial charge in [0.25, 0.3) is 0 Å². The maximum absolute atomic E-state index is 12.2. The van der Waals surface area contributed by atoms with Gasteiger partial charge in [-0.15, -0.1) is 0 Å². The predicted octanol–water partition coefficient (Wildman–Crippen LogP) is 3.45. The molecule has 0 radical (unpaired) electrons. The zero-order valence-electron chi connectivity index (χ0n) is 13.2. The van der Waals surface area contributed by atoms with Gasteiger partial charge in [0.05, 0.1) is 12.5 Å². The van der Waals surface area contributed by atoms with E-state index in [0.29, 0.717) is 5.56 Å². The van der Waals surface area contributed by atoms with Gasteiger partial charge in [-0.1, -0.05) is 48.9 Å². The van der Waals surface area contributed by atoms with Gasteiger partial charge in [0.1, 0.15) is 0 Å². The molecule has 4 nitrogen and oxygen atoms in total. The van der Waals surface area contributed by atoms with E-state index < -0.39 is 11.9 Å². The number of benzene rings is 2. The van der Waals surface area contributed by atoms with Gasteiger partial charge in [-0.05, 0) is 29.7 Å². The number of carboxylic acids is 1. The standard InChI is InChI=1S/C19H20O4/c1-12-6-7-17(16(8-12)11-20)14-4-3-5-15(10-14)18(21)9-13(2)19(22)23/h3-8,10,13,20H,9,11H2,1-2H3,(H,22,23). The number of rotatable bonds is 6. The van der Waals surface area contributed by atoms with Crippen molar-refractivity contribution in [3.8, 4) is 11.1 Å². The largest absolute Gasteiger partial charge is 0.481 e. The molecular weight excluding hydrogens is 292 g/mol. The Morgan fingerprint density at radius 3 is 2.52 bits per heavy atom. The topological polar surface area (TPSA) is 74.6 Å². The molecule has 120 valence electrons. The van der Waals surface area contributed by atoms with Crippen molar-refractivity contribution < 1.29 is 19.8 Å². The maximum atomic E-state index is 12.2. The average Bonchev–Trinajstić information content (AvgIpc) is 2.54. The van der Waals surface area contributed by atoms with E-state index in [4.69, 9.17) is 5.11 Å². The second-order valence-corrected chi connectivity index (χ2v) is 5.77. The van der Waals surface area contributed by atoms with Crippen LogP contribution in [0.15, 0.2) is 42.5 Å². The molecule has 0 amide bonds. The molecule has 0 bridgehead atoms. The number of carbonyl (C=O) groups is 2. The van der Waals surface area contributed by atoms with Gasteiger partial charge < -0.3 is 10.2 Å². The summed E-state index contributed by atoms with van der Waals surface area (Å²) in [6.45, 7) is 3.40. The highest BCUT2D eigenvalue weighted by molar-refractivity contribution is 5.99. The van der Waals surface area contributed by atoms with Gasteiger partial charge in [-0.2, -0.15) is 0 Å². The Hall–Kier alpha value is -2.46. The zero-order chi connectivity index (χ0) is 17.0. The van der Waals surface area contributed by atoms with Crippen LogP contribution in [0.2, 0.25) is 0 Å². The second kappa shape index (κ2) is 7.20. The van der Waals surface area contributed by atoms with Gasteiger partial charge in [0.15, 0.2) is 5.78 Å². The minimum atomic E-state index is -0.976. The number of aryl methyl sites for hydroxylation is 1. The zero-order valence-corrected chi connectivity index (χ0v) is 13.2. The molecule has 0 spiro atoms. The molecule has 2 N–H and O–H groups in total. The number of hydrogen-bond acceptors (Lipinski definition) is 3. The van der Waals surface area contributed by atoms with Gasteiger partial charge in [0.2, 0.25) is 0 Å². The Morgan fingerprint density at radius 1 is 1.13 bits per heavy atom. The summed E-state index contributed by atoms with van der Waals surface area (Å²) in [5.74, 6) is -1.88. The van der Waals surface area contributed by atoms with Crippen LogP contribution < -0.4 is 0 Å². The maximum Gasteiger partial charge on any atom is 0.306 e. The lowest BCUT2D eigenvalue weighted by molar-refractivity contribution is -0.141. The Balaban J connectivity index is 2.33. The van der Waals surface area contributed by atoms with Gasteiger partial charge >= 0.3 is 5.97 Å². The van der Waals surface area contributed by atoms with Crippen molar-refractivity contribution in [1.29, 1.82) is 0 Å². The molecule has 2 rings (SSSR count). The third-order valence-corrected chi connectivity index (χ3v) is 3.84. The highest BCUT2D eigenvalue weighted by atomic mass is 16.4. The molecule has 2 aromatic rings. The summed E-state index contributed by atoms with van der Waals surface area (Å²) in [6, 6.07) is 12.9. The SMILES string of the molecule is Cc1ccc(-c2cccc(C(=O)CC(C)C(=O)O)c2)c(CO)c1. The molecular formula is C19H20O4. The first-order valence-corrected chi connectivity index (χ1v) is 7.49. The molecule has 2 aromatic carbocycles. The minimum Gasteiger partial charge on any atom is -0.481 e. The van der Waals surface area contributed by atoms with Crippen molar-refractivity contribution in [2.24, 2.45) is 5.92 Å². The Morgan fingerprint density at radius 2 is 1.87 bits per heavy atom. The summed E-state index contributed by atoms with van der Waals surface area (Å²) in [5, 5.41) is 18.5. The number of aliphatic hydroxyl groups is 1.